The van der Waals surface area contributed by atoms with E-state index in [2.05, 4.69) is 13.8 Å². The van der Waals surface area contributed by atoms with Gasteiger partial charge in [0, 0.05) is 13.1 Å². The molecule has 5 heteroatoms. The number of aromatic hydroxyl groups is 1. The van der Waals surface area contributed by atoms with Crippen molar-refractivity contribution in [3.8, 4) is 5.75 Å². The lowest BCUT2D eigenvalue weighted by molar-refractivity contribution is -0.137. The van der Waals surface area contributed by atoms with E-state index in [0.717, 1.165) is 19.5 Å². The Labute approximate surface area is 124 Å². The third kappa shape index (κ3) is 4.21. The lowest BCUT2D eigenvalue weighted by Gasteiger charge is -2.34. The molecular weight excluding hydrogens is 270 g/mol. The highest BCUT2D eigenvalue weighted by Crippen LogP contribution is 2.21. The van der Waals surface area contributed by atoms with Gasteiger partial charge in [-0.15, -0.1) is 0 Å². The van der Waals surface area contributed by atoms with Crippen LogP contribution in [0.3, 0.4) is 0 Å². The van der Waals surface area contributed by atoms with Crippen molar-refractivity contribution in [1.29, 1.82) is 0 Å². The summed E-state index contributed by atoms with van der Waals surface area (Å²) in [4.78, 5) is 25.7. The zero-order chi connectivity index (χ0) is 15.4. The minimum Gasteiger partial charge on any atom is -0.508 e. The van der Waals surface area contributed by atoms with Crippen LogP contribution in [0.4, 0.5) is 0 Å². The number of nitrogens with zero attached hydrogens (tertiary/aromatic N) is 1. The normalized spacial score (nSPS) is 21.9. The Balaban J connectivity index is 1.86. The van der Waals surface area contributed by atoms with Gasteiger partial charge < -0.3 is 14.7 Å². The third-order valence-electron chi connectivity index (χ3n) is 3.65. The number of phenols is 1. The number of piperidine rings is 1. The predicted molar refractivity (Wildman–Crippen MR) is 77.9 cm³/mol. The van der Waals surface area contributed by atoms with E-state index in [1.54, 1.807) is 4.90 Å². The number of phenolic OH excluding ortho intramolecular Hbond substituents is 1. The van der Waals surface area contributed by atoms with Crippen molar-refractivity contribution >= 4 is 11.9 Å². The topological polar surface area (TPSA) is 66.8 Å². The quantitative estimate of drug-likeness (QED) is 0.866. The van der Waals surface area contributed by atoms with E-state index < -0.39 is 5.97 Å². The van der Waals surface area contributed by atoms with Crippen LogP contribution >= 0.6 is 0 Å². The van der Waals surface area contributed by atoms with Gasteiger partial charge in [0.15, 0.2) is 6.61 Å². The average molecular weight is 291 g/mol. The first-order chi connectivity index (χ1) is 9.95. The van der Waals surface area contributed by atoms with Gasteiger partial charge in [0.1, 0.15) is 5.75 Å². The molecule has 1 aliphatic heterocycles. The molecule has 0 unspecified atom stereocenters. The maximum atomic E-state index is 12.1. The second-order valence-corrected chi connectivity index (χ2v) is 5.87. The Kier molecular flexibility index (Phi) is 4.83. The average Bonchev–Trinajstić information content (AvgIpc) is 2.44. The molecule has 2 atom stereocenters. The second-order valence-electron chi connectivity index (χ2n) is 5.87. The van der Waals surface area contributed by atoms with Gasteiger partial charge in [-0.1, -0.05) is 13.8 Å². The molecule has 0 radical (unpaired) electrons. The van der Waals surface area contributed by atoms with Crippen LogP contribution in [0, 0.1) is 11.8 Å². The molecule has 1 aliphatic rings. The van der Waals surface area contributed by atoms with E-state index in [-0.39, 0.29) is 18.3 Å². The molecule has 1 amide bonds. The number of hydrogen-bond donors (Lipinski definition) is 1. The highest BCUT2D eigenvalue weighted by atomic mass is 16.5. The van der Waals surface area contributed by atoms with Gasteiger partial charge in [-0.2, -0.15) is 0 Å². The molecule has 5 nitrogen and oxygen atoms in total. The molecule has 0 aliphatic carbocycles. The maximum Gasteiger partial charge on any atom is 0.338 e. The molecule has 1 aromatic carbocycles. The Morgan fingerprint density at radius 2 is 1.76 bits per heavy atom. The summed E-state index contributed by atoms with van der Waals surface area (Å²) in [6.07, 6.45) is 1.12. The highest BCUT2D eigenvalue weighted by molar-refractivity contribution is 5.91. The van der Waals surface area contributed by atoms with Crippen molar-refractivity contribution in [2.24, 2.45) is 11.8 Å². The molecule has 1 aromatic rings. The van der Waals surface area contributed by atoms with E-state index in [1.807, 2.05) is 0 Å². The van der Waals surface area contributed by atoms with Gasteiger partial charge in [-0.25, -0.2) is 4.79 Å². The summed E-state index contributed by atoms with van der Waals surface area (Å²) in [5.74, 6) is 0.330. The van der Waals surface area contributed by atoms with Crippen molar-refractivity contribution in [2.45, 2.75) is 20.3 Å². The first-order valence-electron chi connectivity index (χ1n) is 7.19. The smallest absolute Gasteiger partial charge is 0.338 e. The summed E-state index contributed by atoms with van der Waals surface area (Å²) >= 11 is 0. The number of ether oxygens (including phenoxy) is 1. The largest absolute Gasteiger partial charge is 0.508 e. The van der Waals surface area contributed by atoms with Gasteiger partial charge in [0.05, 0.1) is 5.56 Å². The number of likely N-dealkylation sites (tertiary alicyclic amines) is 1. The fourth-order valence-corrected chi connectivity index (χ4v) is 2.77. The number of carbonyl (C=O) groups is 2. The number of amides is 1. The molecule has 0 aromatic heterocycles. The molecule has 21 heavy (non-hydrogen) atoms. The van der Waals surface area contributed by atoms with Gasteiger partial charge in [-0.3, -0.25) is 4.79 Å². The Morgan fingerprint density at radius 1 is 1.19 bits per heavy atom. The standard InChI is InChI=1S/C16H21NO4/c1-11-7-12(2)9-17(8-11)15(19)10-21-16(20)13-3-5-14(18)6-4-13/h3-6,11-12,18H,7-10H2,1-2H3/t11-,12+. The summed E-state index contributed by atoms with van der Waals surface area (Å²) in [5.41, 5.74) is 0.320. The zero-order valence-corrected chi connectivity index (χ0v) is 12.4. The monoisotopic (exact) mass is 291 g/mol. The number of rotatable bonds is 3. The minimum atomic E-state index is -0.554. The van der Waals surface area contributed by atoms with Crippen LogP contribution in [0.2, 0.25) is 0 Å². The zero-order valence-electron chi connectivity index (χ0n) is 12.4. The van der Waals surface area contributed by atoms with Crippen LogP contribution in [-0.4, -0.2) is 41.6 Å². The number of esters is 1. The fourth-order valence-electron chi connectivity index (χ4n) is 2.77. The van der Waals surface area contributed by atoms with Gasteiger partial charge >= 0.3 is 5.97 Å². The summed E-state index contributed by atoms with van der Waals surface area (Å²) in [5, 5.41) is 9.16. The summed E-state index contributed by atoms with van der Waals surface area (Å²) < 4.78 is 5.04. The molecule has 114 valence electrons. The van der Waals surface area contributed by atoms with Crippen LogP contribution in [-0.2, 0) is 9.53 Å². The maximum absolute atomic E-state index is 12.1. The molecule has 0 bridgehead atoms. The van der Waals surface area contributed by atoms with Crippen LogP contribution in [0.15, 0.2) is 24.3 Å². The van der Waals surface area contributed by atoms with E-state index in [0.29, 0.717) is 17.4 Å². The first-order valence-corrected chi connectivity index (χ1v) is 7.19. The van der Waals surface area contributed by atoms with Crippen molar-refractivity contribution < 1.29 is 19.4 Å². The van der Waals surface area contributed by atoms with Crippen LogP contribution in [0.5, 0.6) is 5.75 Å². The van der Waals surface area contributed by atoms with E-state index in [4.69, 9.17) is 9.84 Å². The van der Waals surface area contributed by atoms with Gasteiger partial charge in [-0.05, 0) is 42.5 Å². The van der Waals surface area contributed by atoms with E-state index in [9.17, 15) is 9.59 Å². The SMILES string of the molecule is C[C@@H]1C[C@H](C)CN(C(=O)COC(=O)c2ccc(O)cc2)C1. The molecule has 2 rings (SSSR count). The molecule has 1 N–H and O–H groups in total. The lowest BCUT2D eigenvalue weighted by Crippen LogP contribution is -2.44. The number of benzene rings is 1. The van der Waals surface area contributed by atoms with Crippen molar-refractivity contribution in [2.75, 3.05) is 19.7 Å². The summed E-state index contributed by atoms with van der Waals surface area (Å²) in [6, 6.07) is 5.75. The van der Waals surface area contributed by atoms with Crippen molar-refractivity contribution in [3.63, 3.8) is 0 Å². The Bertz CT molecular complexity index is 502. The molecule has 1 heterocycles. The van der Waals surface area contributed by atoms with Gasteiger partial charge in [0.2, 0.25) is 0 Å². The van der Waals surface area contributed by atoms with E-state index >= 15 is 0 Å². The molecule has 1 fully saturated rings. The third-order valence-corrected chi connectivity index (χ3v) is 3.65. The predicted octanol–water partition coefficient (Wildman–Crippen LogP) is 2.05. The van der Waals surface area contributed by atoms with Crippen molar-refractivity contribution in [3.05, 3.63) is 29.8 Å². The van der Waals surface area contributed by atoms with Crippen LogP contribution < -0.4 is 0 Å². The Hall–Kier alpha value is -2.04. The second kappa shape index (κ2) is 6.61. The summed E-state index contributed by atoms with van der Waals surface area (Å²) in [6.45, 7) is 5.45. The molecule has 0 saturated carbocycles. The minimum absolute atomic E-state index is 0.0823. The molecular formula is C16H21NO4. The number of carbonyl (C=O) groups excluding carboxylic acids is 2. The summed E-state index contributed by atoms with van der Waals surface area (Å²) in [7, 11) is 0. The van der Waals surface area contributed by atoms with Crippen molar-refractivity contribution in [1.82, 2.24) is 4.90 Å². The van der Waals surface area contributed by atoms with Crippen LogP contribution in [0.25, 0.3) is 0 Å². The highest BCUT2D eigenvalue weighted by Gasteiger charge is 2.26. The fraction of sp³-hybridized carbons (Fsp3) is 0.500. The molecule has 0 spiro atoms. The number of hydrogen-bond acceptors (Lipinski definition) is 4. The Morgan fingerprint density at radius 3 is 2.33 bits per heavy atom. The lowest BCUT2D eigenvalue weighted by atomic mass is 9.92. The van der Waals surface area contributed by atoms with E-state index in [1.165, 1.54) is 24.3 Å². The van der Waals surface area contributed by atoms with Gasteiger partial charge in [0.25, 0.3) is 5.91 Å². The first kappa shape index (κ1) is 15.4. The molecule has 1 saturated heterocycles. The van der Waals surface area contributed by atoms with Crippen LogP contribution in [0.1, 0.15) is 30.6 Å².